The van der Waals surface area contributed by atoms with E-state index in [4.69, 9.17) is 11.5 Å². The Morgan fingerprint density at radius 1 is 0.857 bits per heavy atom. The first-order valence-corrected chi connectivity index (χ1v) is 21.2. The molecule has 1 fully saturated rings. The molecule has 1 aliphatic heterocycles. The summed E-state index contributed by atoms with van der Waals surface area (Å²) in [7, 11) is -3.62. The van der Waals surface area contributed by atoms with Gasteiger partial charge in [-0.25, -0.2) is 8.42 Å². The maximum atomic E-state index is 14.6. The summed E-state index contributed by atoms with van der Waals surface area (Å²) in [6.07, 6.45) is 4.04. The van der Waals surface area contributed by atoms with E-state index in [9.17, 15) is 32.7 Å². The summed E-state index contributed by atoms with van der Waals surface area (Å²) in [5, 5.41) is 20.1. The number of carbonyl (C=O) groups excluding carboxylic acids is 4. The van der Waals surface area contributed by atoms with Crippen molar-refractivity contribution in [1.82, 2.24) is 16.0 Å². The van der Waals surface area contributed by atoms with Crippen LogP contribution in [0.3, 0.4) is 0 Å². The number of benzene rings is 2. The molecule has 2 aliphatic rings. The van der Waals surface area contributed by atoms with E-state index in [1.165, 1.54) is 0 Å². The third-order valence-corrected chi connectivity index (χ3v) is 12.6. The number of carbonyl (C=O) groups is 4. The zero-order chi connectivity index (χ0) is 39.6. The average molecular weight is 804 g/mol. The number of fused-ring (bicyclic) bond motifs is 1. The van der Waals surface area contributed by atoms with Crippen LogP contribution in [0.25, 0.3) is 0 Å². The average Bonchev–Trinajstić information content (AvgIpc) is 3.39. The first-order chi connectivity index (χ1) is 25.6. The van der Waals surface area contributed by atoms with Gasteiger partial charge in [0.05, 0.1) is 22.8 Å². The monoisotopic (exact) mass is 803 g/mol. The molecular weight excluding hydrogens is 739 g/mol. The molecule has 314 valence electrons. The van der Waals surface area contributed by atoms with Crippen molar-refractivity contribution in [3.8, 4) is 0 Å². The van der Waals surface area contributed by atoms with Gasteiger partial charge >= 0.3 is 0 Å². The summed E-state index contributed by atoms with van der Waals surface area (Å²) in [6, 6.07) is 10.7. The lowest BCUT2D eigenvalue weighted by molar-refractivity contribution is -0.137. The molecule has 2 unspecified atom stereocenters. The number of nitrogens with one attached hydrogen (secondary N) is 3. The van der Waals surface area contributed by atoms with Crippen molar-refractivity contribution in [2.75, 3.05) is 12.3 Å². The van der Waals surface area contributed by atoms with Crippen molar-refractivity contribution in [3.63, 3.8) is 0 Å². The topological polar surface area (TPSA) is 274 Å². The van der Waals surface area contributed by atoms with Gasteiger partial charge in [0.2, 0.25) is 17.7 Å². The largest absolute Gasteiger partial charge is 0.412 e. The molecule has 1 saturated carbocycles. The zero-order valence-corrected chi connectivity index (χ0v) is 34.1. The first-order valence-electron chi connectivity index (χ1n) is 19.5. The summed E-state index contributed by atoms with van der Waals surface area (Å²) in [5.41, 5.74) is 14.1. The van der Waals surface area contributed by atoms with Crippen molar-refractivity contribution in [3.05, 3.63) is 65.2 Å². The minimum absolute atomic E-state index is 0. The van der Waals surface area contributed by atoms with E-state index in [0.717, 1.165) is 37.7 Å². The van der Waals surface area contributed by atoms with Gasteiger partial charge in [0.1, 0.15) is 12.1 Å². The summed E-state index contributed by atoms with van der Waals surface area (Å²) >= 11 is 0. The van der Waals surface area contributed by atoms with Crippen molar-refractivity contribution >= 4 is 33.3 Å². The SMILES string of the molecule is CC(C)CNC(=O)C(N)[C@@H](O)[C@H](CC1CCCCC1)C(=O)[C@H](CC(C)C)NC(=O)[C@H](Cc1ccccc1)NC(=O)CC1CS(=O)(=O)c2cc(CN)ccc21.O.O. The third-order valence-electron chi connectivity index (χ3n) is 10.7. The van der Waals surface area contributed by atoms with Crippen LogP contribution in [0, 0.1) is 23.7 Å². The van der Waals surface area contributed by atoms with Gasteiger partial charge in [-0.2, -0.15) is 0 Å². The van der Waals surface area contributed by atoms with Gasteiger partial charge in [-0.05, 0) is 53.4 Å². The van der Waals surface area contributed by atoms with E-state index in [-0.39, 0.29) is 65.2 Å². The molecule has 2 aromatic carbocycles. The van der Waals surface area contributed by atoms with Crippen LogP contribution in [-0.4, -0.2) is 84.5 Å². The Morgan fingerprint density at radius 2 is 1.52 bits per heavy atom. The van der Waals surface area contributed by atoms with Crippen LogP contribution in [0.2, 0.25) is 0 Å². The van der Waals surface area contributed by atoms with E-state index in [2.05, 4.69) is 16.0 Å². The summed E-state index contributed by atoms with van der Waals surface area (Å²) in [4.78, 5) is 55.6. The molecule has 56 heavy (non-hydrogen) atoms. The normalized spacial score (nSPS) is 19.0. The number of sulfone groups is 1. The van der Waals surface area contributed by atoms with Crippen LogP contribution >= 0.6 is 0 Å². The highest BCUT2D eigenvalue weighted by molar-refractivity contribution is 7.91. The van der Waals surface area contributed by atoms with Crippen LogP contribution in [0.1, 0.15) is 102 Å². The molecule has 12 N–H and O–H groups in total. The van der Waals surface area contributed by atoms with Crippen LogP contribution in [0.4, 0.5) is 0 Å². The highest BCUT2D eigenvalue weighted by Gasteiger charge is 2.41. The van der Waals surface area contributed by atoms with E-state index in [0.29, 0.717) is 24.1 Å². The molecule has 0 saturated heterocycles. The lowest BCUT2D eigenvalue weighted by atomic mass is 9.76. The zero-order valence-electron chi connectivity index (χ0n) is 33.3. The van der Waals surface area contributed by atoms with Crippen molar-refractivity contribution in [1.29, 1.82) is 0 Å². The lowest BCUT2D eigenvalue weighted by Gasteiger charge is -2.34. The van der Waals surface area contributed by atoms with E-state index < -0.39 is 69.4 Å². The molecular formula is C41H65N5O9S. The predicted molar refractivity (Wildman–Crippen MR) is 216 cm³/mol. The number of amides is 3. The molecule has 2 aromatic rings. The summed E-state index contributed by atoms with van der Waals surface area (Å²) < 4.78 is 26.0. The number of Topliss-reactive ketones (excluding diaryl/α,β-unsaturated/α-hetero) is 1. The molecule has 4 rings (SSSR count). The highest BCUT2D eigenvalue weighted by Crippen LogP contribution is 2.38. The Hall–Kier alpha value is -3.73. The molecule has 0 aromatic heterocycles. The molecule has 1 heterocycles. The van der Waals surface area contributed by atoms with E-state index >= 15 is 0 Å². The number of rotatable bonds is 19. The number of hydrogen-bond donors (Lipinski definition) is 6. The Morgan fingerprint density at radius 3 is 2.12 bits per heavy atom. The molecule has 1 aliphatic carbocycles. The Balaban J connectivity index is 0.00000541. The maximum Gasteiger partial charge on any atom is 0.243 e. The van der Waals surface area contributed by atoms with E-state index in [1.54, 1.807) is 18.2 Å². The van der Waals surface area contributed by atoms with Crippen molar-refractivity contribution in [2.24, 2.45) is 35.1 Å². The molecule has 3 amide bonds. The minimum atomic E-state index is -3.62. The second kappa shape index (κ2) is 22.3. The molecule has 0 bridgehead atoms. The fourth-order valence-corrected chi connectivity index (χ4v) is 9.68. The van der Waals surface area contributed by atoms with E-state index in [1.807, 2.05) is 58.0 Å². The third kappa shape index (κ3) is 13.4. The van der Waals surface area contributed by atoms with Gasteiger partial charge in [0.15, 0.2) is 15.6 Å². The number of ketones is 1. The number of nitrogens with two attached hydrogens (primary N) is 2. The quantitative estimate of drug-likeness (QED) is 0.120. The molecule has 15 heteroatoms. The van der Waals surface area contributed by atoms with Gasteiger partial charge in [0.25, 0.3) is 0 Å². The van der Waals surface area contributed by atoms with Gasteiger partial charge in [-0.15, -0.1) is 0 Å². The predicted octanol–water partition coefficient (Wildman–Crippen LogP) is 1.63. The first kappa shape index (κ1) is 48.4. The Bertz CT molecular complexity index is 1700. The molecule has 0 spiro atoms. The number of hydrogen-bond acceptors (Lipinski definition) is 9. The smallest absolute Gasteiger partial charge is 0.243 e. The second-order valence-corrected chi connectivity index (χ2v) is 18.2. The number of aliphatic hydroxyl groups is 1. The van der Waals surface area contributed by atoms with Crippen LogP contribution in [0.5, 0.6) is 0 Å². The summed E-state index contributed by atoms with van der Waals surface area (Å²) in [6.45, 7) is 8.31. The minimum Gasteiger partial charge on any atom is -0.412 e. The Labute approximate surface area is 331 Å². The highest BCUT2D eigenvalue weighted by atomic mass is 32.2. The van der Waals surface area contributed by atoms with Gasteiger partial charge in [-0.1, -0.05) is 102 Å². The van der Waals surface area contributed by atoms with Gasteiger partial charge in [0, 0.05) is 37.8 Å². The number of aliphatic hydroxyl groups excluding tert-OH is 1. The van der Waals surface area contributed by atoms with Crippen molar-refractivity contribution < 1.29 is 43.7 Å². The summed E-state index contributed by atoms with van der Waals surface area (Å²) in [5.74, 6) is -3.53. The molecule has 0 radical (unpaired) electrons. The van der Waals surface area contributed by atoms with Crippen LogP contribution < -0.4 is 27.4 Å². The fraction of sp³-hybridized carbons (Fsp3) is 0.610. The van der Waals surface area contributed by atoms with Gasteiger partial charge in [-0.3, -0.25) is 19.2 Å². The standard InChI is InChI=1S/C41H61N5O7S.2H2O/c1-25(2)17-33(38(48)32(18-27-11-7-5-8-12-27)39(49)37(43)41(51)44-23-26(3)4)46-40(50)34(19-28-13-9-6-10-14-28)45-36(47)21-30-24-54(52,53)35-20-29(22-42)15-16-31(30)35;;/h6,9-10,13-16,20,25-27,30,32-34,37,39,49H,5,7-8,11-12,17-19,21-24,42-43H2,1-4H3,(H,44,51)(H,45,47)(H,46,50);2*1H2/t30?,32-,33+,34+,37?,39+;;/m1../s1. The maximum absolute atomic E-state index is 14.6. The molecule has 14 nitrogen and oxygen atoms in total. The van der Waals surface area contributed by atoms with Crippen LogP contribution in [0.15, 0.2) is 53.4 Å². The van der Waals surface area contributed by atoms with Crippen LogP contribution in [-0.2, 0) is 42.0 Å². The van der Waals surface area contributed by atoms with Gasteiger partial charge < -0.3 is 43.5 Å². The molecule has 6 atom stereocenters. The fourth-order valence-electron chi connectivity index (χ4n) is 7.74. The Kier molecular flexibility index (Phi) is 19.3. The van der Waals surface area contributed by atoms with Crippen molar-refractivity contribution in [2.45, 2.75) is 127 Å². The lowest BCUT2D eigenvalue weighted by Crippen LogP contribution is -2.57. The second-order valence-electron chi connectivity index (χ2n) is 16.2.